The molecule has 0 fully saturated rings. The molecule has 0 aliphatic heterocycles. The van der Waals surface area contributed by atoms with E-state index in [1.165, 1.54) is 0 Å². The van der Waals surface area contributed by atoms with E-state index < -0.39 is 29.3 Å². The Kier molecular flexibility index (Phi) is 4.16. The quantitative estimate of drug-likeness (QED) is 0.441. The lowest BCUT2D eigenvalue weighted by molar-refractivity contribution is -0.275. The van der Waals surface area contributed by atoms with Crippen LogP contribution in [-0.4, -0.2) is 11.3 Å². The first-order chi connectivity index (χ1) is 7.20. The number of aromatic nitrogens is 1. The van der Waals surface area contributed by atoms with E-state index in [0.29, 0.717) is 0 Å². The van der Waals surface area contributed by atoms with Crippen LogP contribution in [-0.2, 0) is 0 Å². The lowest BCUT2D eigenvalue weighted by Gasteiger charge is -2.13. The minimum atomic E-state index is -5.10. The van der Waals surface area contributed by atoms with Crippen molar-refractivity contribution in [2.75, 3.05) is 0 Å². The van der Waals surface area contributed by atoms with Gasteiger partial charge in [0.1, 0.15) is 3.70 Å². The van der Waals surface area contributed by atoms with E-state index in [1.54, 1.807) is 22.6 Å². The average molecular weight is 373 g/mol. The van der Waals surface area contributed by atoms with Crippen molar-refractivity contribution < 1.29 is 26.7 Å². The Morgan fingerprint density at radius 2 is 1.94 bits per heavy atom. The molecule has 2 nitrogen and oxygen atoms in total. The largest absolute Gasteiger partial charge is 0.573 e. The van der Waals surface area contributed by atoms with Gasteiger partial charge >= 0.3 is 6.36 Å². The number of rotatable bonds is 2. The number of pyridine rings is 1. The second-order valence-corrected chi connectivity index (χ2v) is 4.00. The summed E-state index contributed by atoms with van der Waals surface area (Å²) in [6, 6.07) is 0.995. The summed E-state index contributed by atoms with van der Waals surface area (Å²) < 4.78 is 64.0. The van der Waals surface area contributed by atoms with Crippen LogP contribution in [0.15, 0.2) is 6.07 Å². The van der Waals surface area contributed by atoms with Gasteiger partial charge in [0.25, 0.3) is 6.43 Å². The van der Waals surface area contributed by atoms with Crippen molar-refractivity contribution >= 4 is 34.2 Å². The lowest BCUT2D eigenvalue weighted by atomic mass is 10.3. The Balaban J connectivity index is 3.25. The van der Waals surface area contributed by atoms with Gasteiger partial charge in [-0.2, -0.15) is 0 Å². The first-order valence-electron chi connectivity index (χ1n) is 3.60. The van der Waals surface area contributed by atoms with Gasteiger partial charge in [-0.1, -0.05) is 11.6 Å². The molecule has 0 radical (unpaired) electrons. The summed E-state index contributed by atoms with van der Waals surface area (Å²) in [5.74, 6) is -1.16. The van der Waals surface area contributed by atoms with E-state index in [2.05, 4.69) is 9.72 Å². The van der Waals surface area contributed by atoms with Gasteiger partial charge in [-0.25, -0.2) is 13.8 Å². The molecule has 0 atom stereocenters. The van der Waals surface area contributed by atoms with Crippen LogP contribution >= 0.6 is 34.2 Å². The third kappa shape index (κ3) is 3.58. The van der Waals surface area contributed by atoms with Crippen LogP contribution in [0.2, 0.25) is 5.02 Å². The molecule has 1 aromatic heterocycles. The molecule has 1 aromatic rings. The highest BCUT2D eigenvalue weighted by molar-refractivity contribution is 14.1. The monoisotopic (exact) mass is 373 g/mol. The fraction of sp³-hybridized carbons (Fsp3) is 0.286. The van der Waals surface area contributed by atoms with Crippen LogP contribution in [0.5, 0.6) is 5.75 Å². The zero-order valence-corrected chi connectivity index (χ0v) is 10.1. The summed E-state index contributed by atoms with van der Waals surface area (Å²) in [5.41, 5.74) is -1.13. The maximum atomic E-state index is 12.4. The molecule has 0 amide bonds. The topological polar surface area (TPSA) is 22.1 Å². The minimum Gasteiger partial charge on any atom is -0.402 e. The third-order valence-electron chi connectivity index (χ3n) is 1.35. The third-order valence-corrected chi connectivity index (χ3v) is 2.18. The van der Waals surface area contributed by atoms with Gasteiger partial charge in [-0.15, -0.1) is 13.2 Å². The number of hydrogen-bond donors (Lipinski definition) is 0. The van der Waals surface area contributed by atoms with Crippen molar-refractivity contribution in [2.24, 2.45) is 0 Å². The molecule has 0 aliphatic carbocycles. The predicted molar refractivity (Wildman–Crippen MR) is 53.6 cm³/mol. The van der Waals surface area contributed by atoms with Gasteiger partial charge in [0.15, 0.2) is 11.4 Å². The molecule has 1 heterocycles. The molecule has 0 aromatic carbocycles. The minimum absolute atomic E-state index is 0.0485. The Morgan fingerprint density at radius 1 is 1.38 bits per heavy atom. The fourth-order valence-corrected chi connectivity index (χ4v) is 1.85. The number of alkyl halides is 5. The van der Waals surface area contributed by atoms with E-state index in [-0.39, 0.29) is 3.70 Å². The number of hydrogen-bond acceptors (Lipinski definition) is 2. The van der Waals surface area contributed by atoms with Crippen LogP contribution in [0.1, 0.15) is 12.1 Å². The van der Waals surface area contributed by atoms with E-state index >= 15 is 0 Å². The fourth-order valence-electron chi connectivity index (χ4n) is 0.855. The summed E-state index contributed by atoms with van der Waals surface area (Å²) in [4.78, 5) is 3.24. The van der Waals surface area contributed by atoms with Crippen molar-refractivity contribution in [1.29, 1.82) is 0 Å². The van der Waals surface area contributed by atoms with E-state index in [4.69, 9.17) is 11.6 Å². The molecule has 0 saturated carbocycles. The Labute approximate surface area is 105 Å². The molecule has 0 aliphatic rings. The summed E-state index contributed by atoms with van der Waals surface area (Å²) in [7, 11) is 0. The van der Waals surface area contributed by atoms with Crippen LogP contribution in [0.4, 0.5) is 22.0 Å². The molecular weight excluding hydrogens is 371 g/mol. The number of nitrogens with zero attached hydrogens (tertiary/aromatic N) is 1. The van der Waals surface area contributed by atoms with Crippen molar-refractivity contribution in [3.8, 4) is 5.75 Å². The van der Waals surface area contributed by atoms with Gasteiger partial charge in [-0.05, 0) is 28.7 Å². The molecule has 90 valence electrons. The lowest BCUT2D eigenvalue weighted by Crippen LogP contribution is -2.19. The van der Waals surface area contributed by atoms with Crippen molar-refractivity contribution in [3.05, 3.63) is 20.5 Å². The highest BCUT2D eigenvalue weighted by Crippen LogP contribution is 2.37. The smallest absolute Gasteiger partial charge is 0.402 e. The van der Waals surface area contributed by atoms with Crippen molar-refractivity contribution in [2.45, 2.75) is 12.8 Å². The Morgan fingerprint density at radius 3 is 2.38 bits per heavy atom. The molecule has 0 spiro atoms. The van der Waals surface area contributed by atoms with Crippen molar-refractivity contribution in [3.63, 3.8) is 0 Å². The van der Waals surface area contributed by atoms with Crippen LogP contribution in [0.25, 0.3) is 0 Å². The molecular formula is C7H2ClF5INO. The molecule has 0 saturated heterocycles. The van der Waals surface area contributed by atoms with Gasteiger partial charge < -0.3 is 4.74 Å². The molecule has 9 heteroatoms. The summed E-state index contributed by atoms with van der Waals surface area (Å²) in [6.07, 6.45) is -8.30. The molecule has 0 unspecified atom stereocenters. The standard InChI is InChI=1S/C7H2ClF5INO/c8-2-1-3(14)15-4(6(9)10)5(2)16-7(11,12)13/h1,6H. The maximum absolute atomic E-state index is 12.4. The summed E-state index contributed by atoms with van der Waals surface area (Å²) in [6.45, 7) is 0. The second kappa shape index (κ2) is 4.86. The predicted octanol–water partition coefficient (Wildman–Crippen LogP) is 4.18. The number of ether oxygens (including phenoxy) is 1. The summed E-state index contributed by atoms with van der Waals surface area (Å²) >= 11 is 6.93. The van der Waals surface area contributed by atoms with Crippen LogP contribution < -0.4 is 4.74 Å². The Bertz CT molecular complexity index is 397. The molecule has 0 bridgehead atoms. The Hall–Kier alpha value is -0.380. The summed E-state index contributed by atoms with van der Waals surface area (Å²) in [5, 5.41) is -0.563. The highest BCUT2D eigenvalue weighted by atomic mass is 127. The first-order valence-corrected chi connectivity index (χ1v) is 5.06. The molecule has 16 heavy (non-hydrogen) atoms. The van der Waals surface area contributed by atoms with E-state index in [9.17, 15) is 22.0 Å². The van der Waals surface area contributed by atoms with Gasteiger partial charge in [0.2, 0.25) is 0 Å². The zero-order chi connectivity index (χ0) is 12.5. The molecule has 1 rings (SSSR count). The van der Waals surface area contributed by atoms with Gasteiger partial charge in [0.05, 0.1) is 5.02 Å². The van der Waals surface area contributed by atoms with Crippen LogP contribution in [0, 0.1) is 3.70 Å². The first kappa shape index (κ1) is 13.7. The second-order valence-electron chi connectivity index (χ2n) is 2.49. The van der Waals surface area contributed by atoms with E-state index in [1.807, 2.05) is 0 Å². The zero-order valence-electron chi connectivity index (χ0n) is 7.16. The maximum Gasteiger partial charge on any atom is 0.573 e. The van der Waals surface area contributed by atoms with Gasteiger partial charge in [-0.3, -0.25) is 0 Å². The SMILES string of the molecule is FC(F)c1nc(I)cc(Cl)c1OC(F)(F)F. The van der Waals surface area contributed by atoms with Crippen molar-refractivity contribution in [1.82, 2.24) is 4.98 Å². The van der Waals surface area contributed by atoms with E-state index in [0.717, 1.165) is 6.07 Å². The van der Waals surface area contributed by atoms with Gasteiger partial charge in [0, 0.05) is 0 Å². The number of halogens is 7. The van der Waals surface area contributed by atoms with Crippen LogP contribution in [0.3, 0.4) is 0 Å². The highest BCUT2D eigenvalue weighted by Gasteiger charge is 2.35. The average Bonchev–Trinajstić information content (AvgIpc) is 2.07. The molecule has 0 N–H and O–H groups in total. The normalized spacial score (nSPS) is 12.0.